The summed E-state index contributed by atoms with van der Waals surface area (Å²) >= 11 is 0. The third kappa shape index (κ3) is 2.79. The molecule has 1 aromatic heterocycles. The maximum Gasteiger partial charge on any atom is 0.338 e. The molecule has 2 heterocycles. The van der Waals surface area contributed by atoms with Crippen molar-refractivity contribution in [1.29, 1.82) is 0 Å². The highest BCUT2D eigenvalue weighted by molar-refractivity contribution is 5.95. The average molecular weight is 328 g/mol. The fourth-order valence-electron chi connectivity index (χ4n) is 3.08. The Balaban J connectivity index is 1.87. The molecule has 0 spiro atoms. The highest BCUT2D eigenvalue weighted by atomic mass is 16.5. The molecule has 126 valence electrons. The second-order valence-corrected chi connectivity index (χ2v) is 6.17. The van der Waals surface area contributed by atoms with Crippen LogP contribution in [0.1, 0.15) is 57.4 Å². The molecule has 1 aromatic carbocycles. The van der Waals surface area contributed by atoms with Gasteiger partial charge >= 0.3 is 5.97 Å². The minimum Gasteiger partial charge on any atom is -0.465 e. The van der Waals surface area contributed by atoms with Crippen LogP contribution in [-0.2, 0) is 17.7 Å². The van der Waals surface area contributed by atoms with Gasteiger partial charge in [-0.05, 0) is 23.6 Å². The maximum absolute atomic E-state index is 12.8. The molecule has 6 heteroatoms. The van der Waals surface area contributed by atoms with Crippen LogP contribution < -0.4 is 0 Å². The van der Waals surface area contributed by atoms with Crippen LogP contribution in [0, 0.1) is 0 Å². The van der Waals surface area contributed by atoms with Crippen LogP contribution in [0.25, 0.3) is 0 Å². The van der Waals surface area contributed by atoms with Gasteiger partial charge in [0.1, 0.15) is 5.56 Å². The zero-order valence-corrected chi connectivity index (χ0v) is 14.0. The van der Waals surface area contributed by atoms with Gasteiger partial charge in [0.2, 0.25) is 0 Å². The summed E-state index contributed by atoms with van der Waals surface area (Å²) in [4.78, 5) is 26.5. The van der Waals surface area contributed by atoms with E-state index >= 15 is 0 Å². The molecule has 1 aliphatic rings. The number of methoxy groups -OCH3 is 1. The van der Waals surface area contributed by atoms with Gasteiger partial charge in [-0.1, -0.05) is 31.1 Å². The monoisotopic (exact) mass is 328 g/mol. The van der Waals surface area contributed by atoms with Crippen molar-refractivity contribution in [2.45, 2.75) is 32.7 Å². The van der Waals surface area contributed by atoms with Gasteiger partial charge in [-0.15, -0.1) is 0 Å². The number of esters is 1. The number of amides is 1. The number of hydrogen-bond acceptors (Lipinski definition) is 5. The fraction of sp³-hybridized carbons (Fsp3) is 0.389. The molecule has 2 aromatic rings. The summed E-state index contributed by atoms with van der Waals surface area (Å²) in [6.07, 6.45) is 2.10. The molecule has 0 radical (unpaired) electrons. The minimum absolute atomic E-state index is 0.0888. The topological polar surface area (TPSA) is 72.6 Å². The second-order valence-electron chi connectivity index (χ2n) is 6.17. The number of rotatable bonds is 3. The lowest BCUT2D eigenvalue weighted by atomic mass is 9.94. The first-order valence-corrected chi connectivity index (χ1v) is 7.95. The third-order valence-corrected chi connectivity index (χ3v) is 4.31. The van der Waals surface area contributed by atoms with Crippen molar-refractivity contribution in [3.63, 3.8) is 0 Å². The van der Waals surface area contributed by atoms with Crippen molar-refractivity contribution in [1.82, 2.24) is 10.1 Å². The number of carbonyl (C=O) groups excluding carboxylic acids is 2. The number of fused-ring (bicyclic) bond motifs is 1. The van der Waals surface area contributed by atoms with Crippen LogP contribution in [0.4, 0.5) is 0 Å². The summed E-state index contributed by atoms with van der Waals surface area (Å²) in [6.45, 7) is 4.93. The first-order chi connectivity index (χ1) is 11.5. The molecule has 0 unspecified atom stereocenters. The van der Waals surface area contributed by atoms with E-state index in [1.54, 1.807) is 11.0 Å². The van der Waals surface area contributed by atoms with E-state index < -0.39 is 0 Å². The molecule has 24 heavy (non-hydrogen) atoms. The Labute approximate surface area is 140 Å². The summed E-state index contributed by atoms with van der Waals surface area (Å²) in [5.74, 6) is 0.269. The van der Waals surface area contributed by atoms with Crippen molar-refractivity contribution >= 4 is 11.9 Å². The lowest BCUT2D eigenvalue weighted by Gasteiger charge is -2.29. The summed E-state index contributed by atoms with van der Waals surface area (Å²) in [5, 5.41) is 3.77. The standard InChI is InChI=1S/C18H20N2O4/c1-11(2)16-15(9-19-24-16)17(21)20-8-7-13-12(10-20)5-4-6-14(13)18(22)23-3/h4-6,9,11H,7-8,10H2,1-3H3. The molecular weight excluding hydrogens is 308 g/mol. The highest BCUT2D eigenvalue weighted by Crippen LogP contribution is 2.26. The molecular formula is C18H20N2O4. The molecule has 0 fully saturated rings. The first kappa shape index (κ1) is 16.2. The van der Waals surface area contributed by atoms with Crippen molar-refractivity contribution in [2.75, 3.05) is 13.7 Å². The molecule has 0 saturated heterocycles. The highest BCUT2D eigenvalue weighted by Gasteiger charge is 2.28. The summed E-state index contributed by atoms with van der Waals surface area (Å²) in [6, 6.07) is 5.52. The molecule has 0 bridgehead atoms. The van der Waals surface area contributed by atoms with E-state index in [1.165, 1.54) is 13.3 Å². The Bertz CT molecular complexity index is 779. The van der Waals surface area contributed by atoms with Crippen LogP contribution in [-0.4, -0.2) is 35.6 Å². The predicted octanol–water partition coefficient (Wildman–Crippen LogP) is 2.78. The smallest absolute Gasteiger partial charge is 0.338 e. The second kappa shape index (κ2) is 6.47. The Morgan fingerprint density at radius 1 is 1.29 bits per heavy atom. The van der Waals surface area contributed by atoms with Crippen molar-refractivity contribution in [3.8, 4) is 0 Å². The lowest BCUT2D eigenvalue weighted by Crippen LogP contribution is -2.37. The summed E-state index contributed by atoms with van der Waals surface area (Å²) in [7, 11) is 1.37. The minimum atomic E-state index is -0.340. The van der Waals surface area contributed by atoms with E-state index in [2.05, 4.69) is 5.16 Å². The Morgan fingerprint density at radius 2 is 2.08 bits per heavy atom. The van der Waals surface area contributed by atoms with Gasteiger partial charge in [0.05, 0.1) is 18.9 Å². The lowest BCUT2D eigenvalue weighted by molar-refractivity contribution is 0.0598. The molecule has 0 N–H and O–H groups in total. The molecule has 0 aliphatic carbocycles. The fourth-order valence-corrected chi connectivity index (χ4v) is 3.08. The van der Waals surface area contributed by atoms with E-state index in [-0.39, 0.29) is 17.8 Å². The Hall–Kier alpha value is -2.63. The van der Waals surface area contributed by atoms with Crippen LogP contribution in [0.3, 0.4) is 0 Å². The van der Waals surface area contributed by atoms with Crippen molar-refractivity contribution in [2.24, 2.45) is 0 Å². The molecule has 1 amide bonds. The maximum atomic E-state index is 12.8. The zero-order valence-electron chi connectivity index (χ0n) is 14.0. The number of nitrogens with zero attached hydrogens (tertiary/aromatic N) is 2. The zero-order chi connectivity index (χ0) is 17.3. The largest absolute Gasteiger partial charge is 0.465 e. The third-order valence-electron chi connectivity index (χ3n) is 4.31. The number of ether oxygens (including phenoxy) is 1. The van der Waals surface area contributed by atoms with Crippen LogP contribution in [0.15, 0.2) is 28.9 Å². The quantitative estimate of drug-likeness (QED) is 0.810. The van der Waals surface area contributed by atoms with E-state index in [4.69, 9.17) is 9.26 Å². The van der Waals surface area contributed by atoms with Gasteiger partial charge in [-0.25, -0.2) is 4.79 Å². The van der Waals surface area contributed by atoms with Gasteiger partial charge in [0, 0.05) is 19.0 Å². The van der Waals surface area contributed by atoms with Crippen LogP contribution in [0.2, 0.25) is 0 Å². The normalized spacial score (nSPS) is 13.8. The Kier molecular flexibility index (Phi) is 4.38. The van der Waals surface area contributed by atoms with E-state index in [0.29, 0.717) is 36.4 Å². The van der Waals surface area contributed by atoms with Gasteiger partial charge < -0.3 is 14.2 Å². The number of hydrogen-bond donors (Lipinski definition) is 0. The summed E-state index contributed by atoms with van der Waals surface area (Å²) in [5.41, 5.74) is 3.02. The number of aromatic nitrogens is 1. The van der Waals surface area contributed by atoms with Crippen molar-refractivity contribution in [3.05, 3.63) is 52.4 Å². The van der Waals surface area contributed by atoms with Crippen LogP contribution >= 0.6 is 0 Å². The van der Waals surface area contributed by atoms with Crippen LogP contribution in [0.5, 0.6) is 0 Å². The van der Waals surface area contributed by atoms with Gasteiger partial charge in [0.25, 0.3) is 5.91 Å². The molecule has 0 saturated carbocycles. The number of carbonyl (C=O) groups is 2. The molecule has 6 nitrogen and oxygen atoms in total. The average Bonchev–Trinajstić information content (AvgIpc) is 3.09. The molecule has 3 rings (SSSR count). The predicted molar refractivity (Wildman–Crippen MR) is 86.8 cm³/mol. The summed E-state index contributed by atoms with van der Waals surface area (Å²) < 4.78 is 10.1. The number of benzene rings is 1. The van der Waals surface area contributed by atoms with Gasteiger partial charge in [0.15, 0.2) is 5.76 Å². The SMILES string of the molecule is COC(=O)c1cccc2c1CCN(C(=O)c1cnoc1C(C)C)C2. The van der Waals surface area contributed by atoms with E-state index in [1.807, 2.05) is 26.0 Å². The molecule has 0 atom stereocenters. The van der Waals surface area contributed by atoms with Gasteiger partial charge in [-0.2, -0.15) is 0 Å². The van der Waals surface area contributed by atoms with Crippen molar-refractivity contribution < 1.29 is 18.8 Å². The van der Waals surface area contributed by atoms with E-state index in [9.17, 15) is 9.59 Å². The first-order valence-electron chi connectivity index (χ1n) is 7.95. The molecule has 1 aliphatic heterocycles. The van der Waals surface area contributed by atoms with Gasteiger partial charge in [-0.3, -0.25) is 4.79 Å². The Morgan fingerprint density at radius 3 is 2.79 bits per heavy atom. The van der Waals surface area contributed by atoms with E-state index in [0.717, 1.165) is 11.1 Å².